The minimum absolute atomic E-state index is 0.0176. The predicted octanol–water partition coefficient (Wildman–Crippen LogP) is 4.94. The molecule has 3 heterocycles. The van der Waals surface area contributed by atoms with E-state index < -0.39 is 15.7 Å². The molecule has 37 heavy (non-hydrogen) atoms. The first-order chi connectivity index (χ1) is 17.6. The van der Waals surface area contributed by atoms with Crippen molar-refractivity contribution < 1.29 is 18.0 Å². The Morgan fingerprint density at radius 3 is 2.59 bits per heavy atom. The van der Waals surface area contributed by atoms with E-state index in [0.29, 0.717) is 41.6 Å². The van der Waals surface area contributed by atoms with E-state index in [2.05, 4.69) is 15.6 Å². The molecule has 0 saturated carbocycles. The normalized spacial score (nSPS) is 15.3. The second-order valence-corrected chi connectivity index (χ2v) is 12.6. The topological polar surface area (TPSA) is 108 Å². The van der Waals surface area contributed by atoms with E-state index in [1.807, 2.05) is 29.3 Å². The van der Waals surface area contributed by atoms with Crippen LogP contribution in [0.4, 0.5) is 11.5 Å². The molecule has 0 radical (unpaired) electrons. The van der Waals surface area contributed by atoms with Crippen molar-refractivity contribution in [2.45, 2.75) is 37.1 Å². The summed E-state index contributed by atoms with van der Waals surface area (Å²) < 4.78 is 24.3. The second-order valence-electron chi connectivity index (χ2n) is 9.22. The average molecular weight is 561 g/mol. The lowest BCUT2D eigenvalue weighted by molar-refractivity contribution is -0.122. The summed E-state index contributed by atoms with van der Waals surface area (Å²) in [5, 5.41) is 8.31. The van der Waals surface area contributed by atoms with Crippen molar-refractivity contribution >= 4 is 56.1 Å². The second kappa shape index (κ2) is 11.6. The third-order valence-corrected chi connectivity index (χ3v) is 8.71. The van der Waals surface area contributed by atoms with Gasteiger partial charge in [0.25, 0.3) is 5.91 Å². The molecule has 1 atom stereocenters. The maximum Gasteiger partial charge on any atom is 0.255 e. The highest BCUT2D eigenvalue weighted by molar-refractivity contribution is 7.90. The van der Waals surface area contributed by atoms with Crippen molar-refractivity contribution in [3.8, 4) is 0 Å². The standard InChI is InChI=1S/C26H29ClN4O4S2/c1-17(23-7-4-12-36-23)29-24(32)13-18-8-10-31(11-9-18)25-22(15-21(16-28-25)37(2,34)35)30-26(33)19-5-3-6-20(27)14-19/h3-7,12,14-18H,8-11,13H2,1-2H3,(H,29,32)(H,30,33). The van der Waals surface area contributed by atoms with Crippen molar-refractivity contribution in [1.29, 1.82) is 0 Å². The van der Waals surface area contributed by atoms with Crippen LogP contribution in [0.15, 0.2) is 58.9 Å². The molecule has 0 spiro atoms. The molecule has 1 aliphatic rings. The zero-order chi connectivity index (χ0) is 26.6. The predicted molar refractivity (Wildman–Crippen MR) is 147 cm³/mol. The van der Waals surface area contributed by atoms with E-state index in [4.69, 9.17) is 11.6 Å². The quantitative estimate of drug-likeness (QED) is 0.404. The first-order valence-electron chi connectivity index (χ1n) is 11.9. The zero-order valence-electron chi connectivity index (χ0n) is 20.6. The van der Waals surface area contributed by atoms with Crippen LogP contribution < -0.4 is 15.5 Å². The van der Waals surface area contributed by atoms with Crippen LogP contribution in [0.2, 0.25) is 5.02 Å². The van der Waals surface area contributed by atoms with Gasteiger partial charge in [0.2, 0.25) is 5.91 Å². The number of nitrogens with one attached hydrogen (secondary N) is 2. The fraction of sp³-hybridized carbons (Fsp3) is 0.346. The van der Waals surface area contributed by atoms with Gasteiger partial charge in [0.1, 0.15) is 0 Å². The molecule has 1 saturated heterocycles. The van der Waals surface area contributed by atoms with Crippen LogP contribution in [0.25, 0.3) is 0 Å². The van der Waals surface area contributed by atoms with E-state index in [0.717, 1.165) is 24.0 Å². The lowest BCUT2D eigenvalue weighted by atomic mass is 9.93. The first kappa shape index (κ1) is 27.1. The number of halogens is 1. The van der Waals surface area contributed by atoms with E-state index >= 15 is 0 Å². The minimum Gasteiger partial charge on any atom is -0.355 e. The summed E-state index contributed by atoms with van der Waals surface area (Å²) >= 11 is 7.65. The Kier molecular flexibility index (Phi) is 8.51. The SMILES string of the molecule is CC(NC(=O)CC1CCN(c2ncc(S(C)(=O)=O)cc2NC(=O)c2cccc(Cl)c2)CC1)c1cccs1. The molecular formula is C26H29ClN4O4S2. The summed E-state index contributed by atoms with van der Waals surface area (Å²) in [6.45, 7) is 3.24. The number of anilines is 2. The lowest BCUT2D eigenvalue weighted by Crippen LogP contribution is -2.37. The maximum atomic E-state index is 12.9. The lowest BCUT2D eigenvalue weighted by Gasteiger charge is -2.33. The van der Waals surface area contributed by atoms with E-state index in [1.165, 1.54) is 12.3 Å². The first-order valence-corrected chi connectivity index (χ1v) is 15.1. The number of sulfone groups is 1. The summed E-state index contributed by atoms with van der Waals surface area (Å²) in [4.78, 5) is 33.1. The molecule has 11 heteroatoms. The van der Waals surface area contributed by atoms with Gasteiger partial charge in [-0.3, -0.25) is 9.59 Å². The maximum absolute atomic E-state index is 12.9. The van der Waals surface area contributed by atoms with Crippen LogP contribution in [-0.2, 0) is 14.6 Å². The van der Waals surface area contributed by atoms with E-state index in [-0.39, 0.29) is 22.8 Å². The molecule has 3 aromatic rings. The fourth-order valence-electron chi connectivity index (χ4n) is 4.33. The molecule has 2 amide bonds. The highest BCUT2D eigenvalue weighted by Gasteiger charge is 2.26. The molecule has 196 valence electrons. The molecule has 8 nitrogen and oxygen atoms in total. The number of carbonyl (C=O) groups is 2. The third kappa shape index (κ3) is 7.09. The number of carbonyl (C=O) groups excluding carboxylic acids is 2. The van der Waals surface area contributed by atoms with Crippen LogP contribution in [0.5, 0.6) is 0 Å². The number of aromatic nitrogens is 1. The average Bonchev–Trinajstić information content (AvgIpc) is 3.39. The Balaban J connectivity index is 1.44. The molecule has 2 aromatic heterocycles. The molecule has 0 bridgehead atoms. The third-order valence-electron chi connectivity index (χ3n) is 6.34. The monoisotopic (exact) mass is 560 g/mol. The Labute approximate surface area is 226 Å². The summed E-state index contributed by atoms with van der Waals surface area (Å²) in [5.74, 6) is 0.343. The Bertz CT molecular complexity index is 1370. The van der Waals surface area contributed by atoms with Gasteiger partial charge in [0.05, 0.1) is 16.6 Å². The largest absolute Gasteiger partial charge is 0.355 e. The number of hydrogen-bond donors (Lipinski definition) is 2. The van der Waals surface area contributed by atoms with E-state index in [1.54, 1.807) is 35.6 Å². The van der Waals surface area contributed by atoms with Gasteiger partial charge in [-0.15, -0.1) is 11.3 Å². The molecule has 1 aromatic carbocycles. The van der Waals surface area contributed by atoms with E-state index in [9.17, 15) is 18.0 Å². The summed E-state index contributed by atoms with van der Waals surface area (Å²) in [7, 11) is -3.53. The van der Waals surface area contributed by atoms with Gasteiger partial charge in [0, 0.05) is 47.4 Å². The smallest absolute Gasteiger partial charge is 0.255 e. The number of amides is 2. The Morgan fingerprint density at radius 1 is 1.19 bits per heavy atom. The number of thiophene rings is 1. The summed E-state index contributed by atoms with van der Waals surface area (Å²) in [6.07, 6.45) is 4.41. The highest BCUT2D eigenvalue weighted by atomic mass is 35.5. The van der Waals surface area contributed by atoms with Crippen molar-refractivity contribution in [3.05, 3.63) is 69.5 Å². The Morgan fingerprint density at radius 2 is 1.95 bits per heavy atom. The van der Waals surface area contributed by atoms with Gasteiger partial charge in [-0.05, 0) is 61.4 Å². The van der Waals surface area contributed by atoms with Gasteiger partial charge in [-0.2, -0.15) is 0 Å². The van der Waals surface area contributed by atoms with Crippen molar-refractivity contribution in [2.24, 2.45) is 5.92 Å². The van der Waals surface area contributed by atoms with Crippen molar-refractivity contribution in [2.75, 3.05) is 29.6 Å². The van der Waals surface area contributed by atoms with Gasteiger partial charge >= 0.3 is 0 Å². The molecule has 0 aliphatic carbocycles. The Hall–Kier alpha value is -2.95. The van der Waals surface area contributed by atoms with Gasteiger partial charge in [0.15, 0.2) is 15.7 Å². The zero-order valence-corrected chi connectivity index (χ0v) is 23.0. The number of piperidine rings is 1. The summed E-state index contributed by atoms with van der Waals surface area (Å²) in [5.41, 5.74) is 0.665. The van der Waals surface area contributed by atoms with Crippen LogP contribution in [0.3, 0.4) is 0 Å². The van der Waals surface area contributed by atoms with Crippen LogP contribution in [0, 0.1) is 5.92 Å². The van der Waals surface area contributed by atoms with Gasteiger partial charge in [-0.1, -0.05) is 23.7 Å². The van der Waals surface area contributed by atoms with Crippen LogP contribution in [0.1, 0.15) is 47.5 Å². The number of rotatable bonds is 8. The minimum atomic E-state index is -3.53. The molecular weight excluding hydrogens is 532 g/mol. The van der Waals surface area contributed by atoms with Crippen molar-refractivity contribution in [1.82, 2.24) is 10.3 Å². The number of benzene rings is 1. The molecule has 2 N–H and O–H groups in total. The van der Waals surface area contributed by atoms with Crippen LogP contribution in [-0.4, -0.2) is 44.6 Å². The van der Waals surface area contributed by atoms with Gasteiger partial charge in [-0.25, -0.2) is 13.4 Å². The fourth-order valence-corrected chi connectivity index (χ4v) is 5.83. The molecule has 1 unspecified atom stereocenters. The van der Waals surface area contributed by atoms with Crippen molar-refractivity contribution in [3.63, 3.8) is 0 Å². The highest BCUT2D eigenvalue weighted by Crippen LogP contribution is 2.31. The number of hydrogen-bond acceptors (Lipinski definition) is 7. The van der Waals surface area contributed by atoms with Gasteiger partial charge < -0.3 is 15.5 Å². The molecule has 1 aliphatic heterocycles. The number of nitrogens with zero attached hydrogens (tertiary/aromatic N) is 2. The number of pyridine rings is 1. The summed E-state index contributed by atoms with van der Waals surface area (Å²) in [6, 6.07) is 11.9. The molecule has 4 rings (SSSR count). The van der Waals surface area contributed by atoms with Crippen LogP contribution >= 0.6 is 22.9 Å². The molecule has 1 fully saturated rings.